The van der Waals surface area contributed by atoms with Crippen LogP contribution in [0.5, 0.6) is 0 Å². The summed E-state index contributed by atoms with van der Waals surface area (Å²) in [4.78, 5) is 38.7. The second-order valence-corrected chi connectivity index (χ2v) is 8.43. The van der Waals surface area contributed by atoms with E-state index >= 15 is 0 Å². The average molecular weight is 447 g/mol. The van der Waals surface area contributed by atoms with E-state index in [9.17, 15) is 27.6 Å². The lowest BCUT2D eigenvalue weighted by atomic mass is 9.83. The van der Waals surface area contributed by atoms with E-state index in [2.05, 4.69) is 5.32 Å². The summed E-state index contributed by atoms with van der Waals surface area (Å²) in [6, 6.07) is 10.3. The molecule has 0 saturated carbocycles. The second kappa shape index (κ2) is 8.80. The maximum atomic E-state index is 13.1. The van der Waals surface area contributed by atoms with Gasteiger partial charge in [0.15, 0.2) is 0 Å². The monoisotopic (exact) mass is 447 g/mol. The molecular formula is C23H24F3N3O3. The number of halogens is 3. The lowest BCUT2D eigenvalue weighted by molar-refractivity contribution is -0.138. The van der Waals surface area contributed by atoms with Gasteiger partial charge in [-0.3, -0.25) is 14.4 Å². The number of fused-ring (bicyclic) bond motifs is 4. The molecule has 2 amide bonds. The molecule has 170 valence electrons. The maximum Gasteiger partial charge on any atom is 0.416 e. The fourth-order valence-corrected chi connectivity index (χ4v) is 4.71. The van der Waals surface area contributed by atoms with E-state index in [0.29, 0.717) is 19.6 Å². The zero-order valence-corrected chi connectivity index (χ0v) is 17.4. The van der Waals surface area contributed by atoms with Crippen LogP contribution >= 0.6 is 0 Å². The standard InChI is InChI=1S/C23H24F3N3O3/c24-23(25,26)18-5-2-1-4-16(18)11-27-20(30)8-9-21(31)28-12-15-10-17(14-28)19-6-3-7-22(32)29(19)13-15/h1-7,15,17H,8-14H2,(H,27,30)/t15-,17?/m1/s1. The van der Waals surface area contributed by atoms with Gasteiger partial charge in [-0.15, -0.1) is 0 Å². The normalized spacial score (nSPS) is 19.9. The van der Waals surface area contributed by atoms with Gasteiger partial charge in [-0.2, -0.15) is 13.2 Å². The van der Waals surface area contributed by atoms with Crippen molar-refractivity contribution in [3.63, 3.8) is 0 Å². The lowest BCUT2D eigenvalue weighted by Gasteiger charge is -2.42. The minimum absolute atomic E-state index is 0.00616. The molecule has 1 aromatic carbocycles. The Morgan fingerprint density at radius 1 is 1.00 bits per heavy atom. The van der Waals surface area contributed by atoms with Crippen molar-refractivity contribution >= 4 is 11.8 Å². The van der Waals surface area contributed by atoms with Crippen molar-refractivity contribution in [1.29, 1.82) is 0 Å². The first-order valence-electron chi connectivity index (χ1n) is 10.6. The molecule has 2 bridgehead atoms. The predicted molar refractivity (Wildman–Crippen MR) is 111 cm³/mol. The van der Waals surface area contributed by atoms with Crippen LogP contribution in [0.1, 0.15) is 42.0 Å². The van der Waals surface area contributed by atoms with Gasteiger partial charge in [0.2, 0.25) is 11.8 Å². The van der Waals surface area contributed by atoms with Gasteiger partial charge >= 0.3 is 6.18 Å². The van der Waals surface area contributed by atoms with E-state index in [1.807, 2.05) is 6.07 Å². The van der Waals surface area contributed by atoms with Crippen molar-refractivity contribution in [3.05, 3.63) is 69.6 Å². The van der Waals surface area contributed by atoms with Gasteiger partial charge in [0.1, 0.15) is 0 Å². The van der Waals surface area contributed by atoms with Gasteiger partial charge in [-0.25, -0.2) is 0 Å². The number of amides is 2. The Kier molecular flexibility index (Phi) is 6.08. The molecule has 2 aliphatic heterocycles. The number of carbonyl (C=O) groups is 2. The molecule has 4 rings (SSSR count). The van der Waals surface area contributed by atoms with Crippen LogP contribution < -0.4 is 10.9 Å². The minimum atomic E-state index is -4.49. The number of nitrogens with zero attached hydrogens (tertiary/aromatic N) is 2. The number of piperidine rings is 1. The summed E-state index contributed by atoms with van der Waals surface area (Å²) in [5.74, 6) is -0.340. The molecule has 0 radical (unpaired) electrons. The van der Waals surface area contributed by atoms with Crippen molar-refractivity contribution in [3.8, 4) is 0 Å². The Bertz CT molecular complexity index is 1080. The van der Waals surface area contributed by atoms with Crippen LogP contribution in [0.4, 0.5) is 13.2 Å². The molecule has 6 nitrogen and oxygen atoms in total. The first-order chi connectivity index (χ1) is 15.2. The molecular weight excluding hydrogens is 423 g/mol. The highest BCUT2D eigenvalue weighted by Crippen LogP contribution is 2.35. The number of hydrogen-bond donors (Lipinski definition) is 1. The van der Waals surface area contributed by atoms with E-state index in [0.717, 1.165) is 18.2 Å². The second-order valence-electron chi connectivity index (χ2n) is 8.43. The molecule has 1 aromatic heterocycles. The molecule has 1 unspecified atom stereocenters. The number of pyridine rings is 1. The van der Waals surface area contributed by atoms with Crippen LogP contribution in [0.15, 0.2) is 47.3 Å². The molecule has 2 aliphatic rings. The number of likely N-dealkylation sites (tertiary alicyclic amines) is 1. The third-order valence-corrected chi connectivity index (χ3v) is 6.20. The largest absolute Gasteiger partial charge is 0.416 e. The summed E-state index contributed by atoms with van der Waals surface area (Å²) >= 11 is 0. The Morgan fingerprint density at radius 2 is 1.78 bits per heavy atom. The summed E-state index contributed by atoms with van der Waals surface area (Å²) in [6.07, 6.45) is -3.66. The van der Waals surface area contributed by atoms with Crippen molar-refractivity contribution in [2.75, 3.05) is 13.1 Å². The molecule has 1 saturated heterocycles. The SMILES string of the molecule is O=C(CCC(=O)N1CC2C[C@H](C1)Cn1c2cccc1=O)NCc1ccccc1C(F)(F)F. The third-order valence-electron chi connectivity index (χ3n) is 6.20. The zero-order valence-electron chi connectivity index (χ0n) is 17.4. The Balaban J connectivity index is 1.30. The van der Waals surface area contributed by atoms with E-state index < -0.39 is 17.6 Å². The Labute approximate surface area is 183 Å². The van der Waals surface area contributed by atoms with Gasteiger partial charge in [0.05, 0.1) is 5.56 Å². The molecule has 32 heavy (non-hydrogen) atoms. The fourth-order valence-electron chi connectivity index (χ4n) is 4.71. The van der Waals surface area contributed by atoms with Crippen LogP contribution in [-0.2, 0) is 28.9 Å². The van der Waals surface area contributed by atoms with Crippen molar-refractivity contribution in [2.45, 2.75) is 44.4 Å². The number of nitrogens with one attached hydrogen (secondary N) is 1. The van der Waals surface area contributed by atoms with E-state index in [-0.39, 0.29) is 48.3 Å². The number of alkyl halides is 3. The fraction of sp³-hybridized carbons (Fsp3) is 0.435. The van der Waals surface area contributed by atoms with Crippen molar-refractivity contribution in [2.24, 2.45) is 5.92 Å². The summed E-state index contributed by atoms with van der Waals surface area (Å²) in [5, 5.41) is 2.48. The third kappa shape index (κ3) is 4.71. The number of hydrogen-bond acceptors (Lipinski definition) is 3. The number of benzene rings is 1. The molecule has 1 fully saturated rings. The molecule has 0 spiro atoms. The first kappa shape index (κ1) is 22.1. The maximum absolute atomic E-state index is 13.1. The molecule has 2 aromatic rings. The lowest BCUT2D eigenvalue weighted by Crippen LogP contribution is -2.49. The van der Waals surface area contributed by atoms with Crippen LogP contribution in [-0.4, -0.2) is 34.4 Å². The van der Waals surface area contributed by atoms with Crippen LogP contribution in [0, 0.1) is 5.92 Å². The molecule has 1 N–H and O–H groups in total. The topological polar surface area (TPSA) is 71.4 Å². The zero-order chi connectivity index (χ0) is 22.9. The molecule has 0 aliphatic carbocycles. The van der Waals surface area contributed by atoms with Gasteiger partial charge < -0.3 is 14.8 Å². The number of rotatable bonds is 5. The summed E-state index contributed by atoms with van der Waals surface area (Å²) in [7, 11) is 0. The Hall–Kier alpha value is -3.10. The van der Waals surface area contributed by atoms with Gasteiger partial charge in [-0.1, -0.05) is 24.3 Å². The van der Waals surface area contributed by atoms with Gasteiger partial charge in [-0.05, 0) is 30.0 Å². The van der Waals surface area contributed by atoms with Gasteiger partial charge in [0, 0.05) is 56.7 Å². The van der Waals surface area contributed by atoms with E-state index in [1.165, 1.54) is 18.2 Å². The highest BCUT2D eigenvalue weighted by atomic mass is 19.4. The predicted octanol–water partition coefficient (Wildman–Crippen LogP) is 2.91. The molecule has 3 heterocycles. The average Bonchev–Trinajstić information content (AvgIpc) is 2.76. The highest BCUT2D eigenvalue weighted by molar-refractivity contribution is 5.83. The van der Waals surface area contributed by atoms with Crippen LogP contribution in [0.3, 0.4) is 0 Å². The summed E-state index contributed by atoms with van der Waals surface area (Å²) < 4.78 is 41.0. The molecule has 2 atom stereocenters. The quantitative estimate of drug-likeness (QED) is 0.766. The van der Waals surface area contributed by atoms with E-state index in [1.54, 1.807) is 21.6 Å². The number of aromatic nitrogens is 1. The smallest absolute Gasteiger partial charge is 0.352 e. The van der Waals surface area contributed by atoms with Crippen LogP contribution in [0.25, 0.3) is 0 Å². The van der Waals surface area contributed by atoms with Crippen molar-refractivity contribution in [1.82, 2.24) is 14.8 Å². The number of carbonyl (C=O) groups excluding carboxylic acids is 2. The molecule has 9 heteroatoms. The van der Waals surface area contributed by atoms with Crippen LogP contribution in [0.2, 0.25) is 0 Å². The van der Waals surface area contributed by atoms with Crippen molar-refractivity contribution < 1.29 is 22.8 Å². The minimum Gasteiger partial charge on any atom is -0.352 e. The summed E-state index contributed by atoms with van der Waals surface area (Å²) in [6.45, 7) is 1.37. The first-order valence-corrected chi connectivity index (χ1v) is 10.6. The van der Waals surface area contributed by atoms with E-state index in [4.69, 9.17) is 0 Å². The van der Waals surface area contributed by atoms with Gasteiger partial charge in [0.25, 0.3) is 5.56 Å². The summed E-state index contributed by atoms with van der Waals surface area (Å²) in [5.41, 5.74) is 0.112. The highest BCUT2D eigenvalue weighted by Gasteiger charge is 2.36. The Morgan fingerprint density at radius 3 is 2.56 bits per heavy atom.